The normalized spacial score (nSPS) is 12.2. The standard InChI is InChI=1S/C18H13ClN2O4/c1-10-16(21-18(25-10)11-5-3-2-4-6-11)17(22)20-13-8-15-14(7-12(13)19)23-9-24-15/h2-8H,9H2,1H3,(H,20,22). The van der Waals surface area contributed by atoms with Crippen molar-refractivity contribution in [2.24, 2.45) is 0 Å². The van der Waals surface area contributed by atoms with Gasteiger partial charge >= 0.3 is 0 Å². The first kappa shape index (κ1) is 15.5. The summed E-state index contributed by atoms with van der Waals surface area (Å²) in [6.45, 7) is 1.82. The van der Waals surface area contributed by atoms with Crippen LogP contribution in [0, 0.1) is 6.92 Å². The number of fused-ring (bicyclic) bond motifs is 1. The van der Waals surface area contributed by atoms with Crippen molar-refractivity contribution in [2.45, 2.75) is 6.92 Å². The van der Waals surface area contributed by atoms with Crippen LogP contribution in [0.15, 0.2) is 46.9 Å². The van der Waals surface area contributed by atoms with Crippen molar-refractivity contribution in [1.29, 1.82) is 0 Å². The molecule has 1 N–H and O–H groups in total. The van der Waals surface area contributed by atoms with Gasteiger partial charge in [0, 0.05) is 17.7 Å². The lowest BCUT2D eigenvalue weighted by atomic mass is 10.2. The Balaban J connectivity index is 1.61. The highest BCUT2D eigenvalue weighted by atomic mass is 35.5. The summed E-state index contributed by atoms with van der Waals surface area (Å²) in [5.41, 5.74) is 1.41. The Kier molecular flexibility index (Phi) is 3.82. The Morgan fingerprint density at radius 3 is 2.64 bits per heavy atom. The van der Waals surface area contributed by atoms with Crippen LogP contribution in [0.3, 0.4) is 0 Å². The smallest absolute Gasteiger partial charge is 0.277 e. The van der Waals surface area contributed by atoms with Gasteiger partial charge in [-0.25, -0.2) is 4.98 Å². The molecule has 0 unspecified atom stereocenters. The van der Waals surface area contributed by atoms with E-state index in [0.717, 1.165) is 5.56 Å². The number of ether oxygens (including phenoxy) is 2. The Bertz CT molecular complexity index is 953. The fourth-order valence-corrected chi connectivity index (χ4v) is 2.71. The second kappa shape index (κ2) is 6.14. The minimum absolute atomic E-state index is 0.131. The van der Waals surface area contributed by atoms with Gasteiger partial charge < -0.3 is 19.2 Å². The largest absolute Gasteiger partial charge is 0.454 e. The molecule has 0 atom stereocenters. The summed E-state index contributed by atoms with van der Waals surface area (Å²) < 4.78 is 16.2. The zero-order valence-corrected chi connectivity index (χ0v) is 14.0. The van der Waals surface area contributed by atoms with E-state index in [1.165, 1.54) is 0 Å². The van der Waals surface area contributed by atoms with Crippen molar-refractivity contribution < 1.29 is 18.7 Å². The summed E-state index contributed by atoms with van der Waals surface area (Å²) in [4.78, 5) is 16.9. The molecule has 25 heavy (non-hydrogen) atoms. The molecule has 0 radical (unpaired) electrons. The van der Waals surface area contributed by atoms with Crippen LogP contribution in [-0.4, -0.2) is 17.7 Å². The van der Waals surface area contributed by atoms with Crippen LogP contribution in [0.25, 0.3) is 11.5 Å². The zero-order chi connectivity index (χ0) is 17.4. The van der Waals surface area contributed by atoms with Gasteiger partial charge in [-0.05, 0) is 19.1 Å². The predicted octanol–water partition coefficient (Wildman–Crippen LogP) is 4.28. The second-order valence-corrected chi connectivity index (χ2v) is 5.84. The number of aryl methyl sites for hydroxylation is 1. The molecule has 0 fully saturated rings. The number of rotatable bonds is 3. The molecule has 4 rings (SSSR count). The highest BCUT2D eigenvalue weighted by Crippen LogP contribution is 2.39. The van der Waals surface area contributed by atoms with E-state index >= 15 is 0 Å². The molecular formula is C18H13ClN2O4. The van der Waals surface area contributed by atoms with Crippen molar-refractivity contribution in [2.75, 3.05) is 12.1 Å². The molecule has 2 heterocycles. The van der Waals surface area contributed by atoms with Gasteiger partial charge in [-0.2, -0.15) is 0 Å². The minimum Gasteiger partial charge on any atom is -0.454 e. The van der Waals surface area contributed by atoms with E-state index in [0.29, 0.717) is 33.9 Å². The van der Waals surface area contributed by atoms with Gasteiger partial charge in [-0.1, -0.05) is 29.8 Å². The first-order valence-electron chi connectivity index (χ1n) is 7.55. The number of carbonyl (C=O) groups excluding carboxylic acids is 1. The van der Waals surface area contributed by atoms with Crippen molar-refractivity contribution in [3.8, 4) is 23.0 Å². The molecule has 7 heteroatoms. The van der Waals surface area contributed by atoms with Gasteiger partial charge in [-0.3, -0.25) is 4.79 Å². The molecule has 0 saturated carbocycles. The Labute approximate surface area is 148 Å². The van der Waals surface area contributed by atoms with Crippen LogP contribution in [0.2, 0.25) is 5.02 Å². The van der Waals surface area contributed by atoms with E-state index < -0.39 is 5.91 Å². The Morgan fingerprint density at radius 1 is 1.16 bits per heavy atom. The van der Waals surface area contributed by atoms with E-state index in [4.69, 9.17) is 25.5 Å². The molecule has 0 spiro atoms. The number of carbonyl (C=O) groups is 1. The maximum atomic E-state index is 12.6. The fraction of sp³-hybridized carbons (Fsp3) is 0.111. The average Bonchev–Trinajstić information content (AvgIpc) is 3.22. The van der Waals surface area contributed by atoms with Crippen LogP contribution >= 0.6 is 11.6 Å². The van der Waals surface area contributed by atoms with Gasteiger partial charge in [0.15, 0.2) is 17.2 Å². The third kappa shape index (κ3) is 2.92. The molecule has 1 amide bonds. The third-order valence-electron chi connectivity index (χ3n) is 3.74. The van der Waals surface area contributed by atoms with Gasteiger partial charge in [-0.15, -0.1) is 0 Å². The van der Waals surface area contributed by atoms with Crippen LogP contribution in [0.4, 0.5) is 5.69 Å². The molecule has 0 aliphatic carbocycles. The van der Waals surface area contributed by atoms with Crippen molar-refractivity contribution >= 4 is 23.2 Å². The highest BCUT2D eigenvalue weighted by molar-refractivity contribution is 6.34. The summed E-state index contributed by atoms with van der Waals surface area (Å²) in [5.74, 6) is 1.48. The number of nitrogens with zero attached hydrogens (tertiary/aromatic N) is 1. The summed E-state index contributed by atoms with van der Waals surface area (Å²) in [6.07, 6.45) is 0. The number of benzene rings is 2. The van der Waals surface area contributed by atoms with Crippen LogP contribution < -0.4 is 14.8 Å². The summed E-state index contributed by atoms with van der Waals surface area (Å²) >= 11 is 6.19. The van der Waals surface area contributed by atoms with Crippen LogP contribution in [0.5, 0.6) is 11.5 Å². The number of hydrogen-bond donors (Lipinski definition) is 1. The predicted molar refractivity (Wildman–Crippen MR) is 92.2 cm³/mol. The molecule has 1 aliphatic rings. The quantitative estimate of drug-likeness (QED) is 0.758. The molecule has 0 bridgehead atoms. The average molecular weight is 357 g/mol. The fourth-order valence-electron chi connectivity index (χ4n) is 2.51. The SMILES string of the molecule is Cc1oc(-c2ccccc2)nc1C(=O)Nc1cc2c(cc1Cl)OCO2. The van der Waals surface area contributed by atoms with E-state index in [1.54, 1.807) is 19.1 Å². The molecule has 2 aromatic carbocycles. The Hall–Kier alpha value is -2.99. The van der Waals surface area contributed by atoms with Crippen molar-refractivity contribution in [1.82, 2.24) is 4.98 Å². The molecule has 1 aromatic heterocycles. The van der Waals surface area contributed by atoms with E-state index in [1.807, 2.05) is 30.3 Å². The molecule has 0 saturated heterocycles. The molecular weight excluding hydrogens is 344 g/mol. The first-order chi connectivity index (χ1) is 12.1. The number of oxazole rings is 1. The number of anilines is 1. The summed E-state index contributed by atoms with van der Waals surface area (Å²) in [6, 6.07) is 12.6. The lowest BCUT2D eigenvalue weighted by molar-refractivity contribution is 0.102. The molecule has 1 aliphatic heterocycles. The monoisotopic (exact) mass is 356 g/mol. The van der Waals surface area contributed by atoms with E-state index in [9.17, 15) is 4.79 Å². The van der Waals surface area contributed by atoms with Gasteiger partial charge in [0.2, 0.25) is 12.7 Å². The number of aromatic nitrogens is 1. The van der Waals surface area contributed by atoms with Crippen LogP contribution in [0.1, 0.15) is 16.2 Å². The number of halogens is 1. The summed E-state index contributed by atoms with van der Waals surface area (Å²) in [5, 5.41) is 3.08. The zero-order valence-electron chi connectivity index (χ0n) is 13.2. The van der Waals surface area contributed by atoms with Crippen molar-refractivity contribution in [3.05, 3.63) is 58.9 Å². The lowest BCUT2D eigenvalue weighted by Crippen LogP contribution is -2.14. The topological polar surface area (TPSA) is 73.6 Å². The molecule has 6 nitrogen and oxygen atoms in total. The number of amides is 1. The van der Waals surface area contributed by atoms with Gasteiger partial charge in [0.05, 0.1) is 10.7 Å². The minimum atomic E-state index is -0.413. The maximum Gasteiger partial charge on any atom is 0.277 e. The lowest BCUT2D eigenvalue weighted by Gasteiger charge is -2.07. The number of nitrogens with one attached hydrogen (secondary N) is 1. The maximum absolute atomic E-state index is 12.6. The highest BCUT2D eigenvalue weighted by Gasteiger charge is 2.21. The van der Waals surface area contributed by atoms with Gasteiger partial charge in [0.1, 0.15) is 5.76 Å². The van der Waals surface area contributed by atoms with Gasteiger partial charge in [0.25, 0.3) is 5.91 Å². The third-order valence-corrected chi connectivity index (χ3v) is 4.06. The van der Waals surface area contributed by atoms with Crippen molar-refractivity contribution in [3.63, 3.8) is 0 Å². The van der Waals surface area contributed by atoms with E-state index in [-0.39, 0.29) is 12.5 Å². The van der Waals surface area contributed by atoms with Crippen LogP contribution in [-0.2, 0) is 0 Å². The van der Waals surface area contributed by atoms with E-state index in [2.05, 4.69) is 10.3 Å². The second-order valence-electron chi connectivity index (χ2n) is 5.43. The Morgan fingerprint density at radius 2 is 1.88 bits per heavy atom. The first-order valence-corrected chi connectivity index (χ1v) is 7.93. The molecule has 3 aromatic rings. The number of hydrogen-bond acceptors (Lipinski definition) is 5. The molecule has 126 valence electrons. The summed E-state index contributed by atoms with van der Waals surface area (Å²) in [7, 11) is 0.